The Hall–Kier alpha value is -1.49. The van der Waals surface area contributed by atoms with Crippen LogP contribution in [0.1, 0.15) is 46.1 Å². The van der Waals surface area contributed by atoms with E-state index in [1.807, 2.05) is 0 Å². The van der Waals surface area contributed by atoms with Gasteiger partial charge in [0.25, 0.3) is 0 Å². The Labute approximate surface area is 131 Å². The Bertz CT molecular complexity index is 538. The standard InChI is InChI=1S/C16H23FN2OS/c1-10(9-16(2,3)4)7-14(20)19-11-5-6-13(17)12(8-11)15(18)21/h5-6,8,10H,7,9H2,1-4H3,(H2,18,21)(H,19,20). The predicted octanol–water partition coefficient (Wildman–Crippen LogP) is 3.86. The average molecular weight is 310 g/mol. The quantitative estimate of drug-likeness (QED) is 0.812. The minimum Gasteiger partial charge on any atom is -0.389 e. The largest absolute Gasteiger partial charge is 0.389 e. The third kappa shape index (κ3) is 6.21. The molecule has 0 spiro atoms. The summed E-state index contributed by atoms with van der Waals surface area (Å²) in [5.74, 6) is -0.297. The van der Waals surface area contributed by atoms with E-state index in [9.17, 15) is 9.18 Å². The number of nitrogens with one attached hydrogen (secondary N) is 1. The van der Waals surface area contributed by atoms with Gasteiger partial charge in [0.15, 0.2) is 0 Å². The summed E-state index contributed by atoms with van der Waals surface area (Å²) < 4.78 is 13.5. The molecule has 0 radical (unpaired) electrons. The van der Waals surface area contributed by atoms with Crippen LogP contribution in [0.3, 0.4) is 0 Å². The van der Waals surface area contributed by atoms with Gasteiger partial charge in [-0.15, -0.1) is 0 Å². The Morgan fingerprint density at radius 2 is 2.05 bits per heavy atom. The van der Waals surface area contributed by atoms with E-state index in [0.29, 0.717) is 12.1 Å². The lowest BCUT2D eigenvalue weighted by atomic mass is 9.84. The molecule has 0 fully saturated rings. The smallest absolute Gasteiger partial charge is 0.224 e. The fourth-order valence-electron chi connectivity index (χ4n) is 2.44. The predicted molar refractivity (Wildman–Crippen MR) is 88.8 cm³/mol. The zero-order chi connectivity index (χ0) is 16.2. The van der Waals surface area contributed by atoms with Crippen molar-refractivity contribution >= 4 is 28.8 Å². The second-order valence-electron chi connectivity index (χ2n) is 6.68. The van der Waals surface area contributed by atoms with E-state index in [0.717, 1.165) is 6.42 Å². The van der Waals surface area contributed by atoms with Gasteiger partial charge in [-0.2, -0.15) is 0 Å². The van der Waals surface area contributed by atoms with Crippen molar-refractivity contribution in [2.45, 2.75) is 40.5 Å². The molecule has 5 heteroatoms. The fourth-order valence-corrected chi connectivity index (χ4v) is 2.59. The highest BCUT2D eigenvalue weighted by atomic mass is 32.1. The van der Waals surface area contributed by atoms with Gasteiger partial charge in [0.2, 0.25) is 5.91 Å². The van der Waals surface area contributed by atoms with E-state index in [1.165, 1.54) is 18.2 Å². The summed E-state index contributed by atoms with van der Waals surface area (Å²) in [6, 6.07) is 4.22. The number of carbonyl (C=O) groups is 1. The molecule has 3 N–H and O–H groups in total. The van der Waals surface area contributed by atoms with Crippen molar-refractivity contribution in [2.75, 3.05) is 5.32 Å². The van der Waals surface area contributed by atoms with Gasteiger partial charge in [-0.1, -0.05) is 39.9 Å². The highest BCUT2D eigenvalue weighted by molar-refractivity contribution is 7.80. The molecule has 0 saturated carbocycles. The lowest BCUT2D eigenvalue weighted by Crippen LogP contribution is -2.19. The van der Waals surface area contributed by atoms with Crippen molar-refractivity contribution in [3.8, 4) is 0 Å². The molecular formula is C16H23FN2OS. The lowest BCUT2D eigenvalue weighted by Gasteiger charge is -2.22. The van der Waals surface area contributed by atoms with Gasteiger partial charge in [-0.25, -0.2) is 4.39 Å². The third-order valence-electron chi connectivity index (χ3n) is 3.01. The van der Waals surface area contributed by atoms with E-state index in [1.54, 1.807) is 0 Å². The van der Waals surface area contributed by atoms with Crippen LogP contribution in [0.4, 0.5) is 10.1 Å². The van der Waals surface area contributed by atoms with Gasteiger partial charge >= 0.3 is 0 Å². The normalized spacial score (nSPS) is 12.8. The number of hydrogen-bond donors (Lipinski definition) is 2. The third-order valence-corrected chi connectivity index (χ3v) is 3.23. The van der Waals surface area contributed by atoms with Gasteiger partial charge < -0.3 is 11.1 Å². The van der Waals surface area contributed by atoms with Crippen molar-refractivity contribution in [3.63, 3.8) is 0 Å². The number of amides is 1. The first-order valence-electron chi connectivity index (χ1n) is 6.97. The van der Waals surface area contributed by atoms with Gasteiger partial charge in [0.1, 0.15) is 10.8 Å². The monoisotopic (exact) mass is 310 g/mol. The Kier molecular flexibility index (Phi) is 5.84. The van der Waals surface area contributed by atoms with E-state index in [2.05, 4.69) is 33.0 Å². The van der Waals surface area contributed by atoms with Crippen LogP contribution in [0.15, 0.2) is 18.2 Å². The fraction of sp³-hybridized carbons (Fsp3) is 0.500. The second-order valence-corrected chi connectivity index (χ2v) is 7.12. The molecule has 1 unspecified atom stereocenters. The van der Waals surface area contributed by atoms with Gasteiger partial charge in [-0.3, -0.25) is 4.79 Å². The topological polar surface area (TPSA) is 55.1 Å². The van der Waals surface area contributed by atoms with E-state index < -0.39 is 5.82 Å². The molecule has 1 aromatic carbocycles. The molecule has 0 saturated heterocycles. The first-order chi connectivity index (χ1) is 9.58. The number of rotatable bonds is 5. The maximum Gasteiger partial charge on any atom is 0.224 e. The zero-order valence-electron chi connectivity index (χ0n) is 13.0. The van der Waals surface area contributed by atoms with Crippen LogP contribution in [-0.4, -0.2) is 10.9 Å². The number of hydrogen-bond acceptors (Lipinski definition) is 2. The lowest BCUT2D eigenvalue weighted by molar-refractivity contribution is -0.117. The van der Waals surface area contributed by atoms with Crippen molar-refractivity contribution in [2.24, 2.45) is 17.1 Å². The molecule has 0 aliphatic rings. The number of benzene rings is 1. The van der Waals surface area contributed by atoms with Crippen LogP contribution in [0.2, 0.25) is 0 Å². The number of nitrogens with two attached hydrogens (primary N) is 1. The average Bonchev–Trinajstić information content (AvgIpc) is 2.28. The van der Waals surface area contributed by atoms with Crippen LogP contribution in [0, 0.1) is 17.2 Å². The molecular weight excluding hydrogens is 287 g/mol. The van der Waals surface area contributed by atoms with Gasteiger partial charge in [0, 0.05) is 17.7 Å². The SMILES string of the molecule is CC(CC(=O)Nc1ccc(F)c(C(N)=S)c1)CC(C)(C)C. The van der Waals surface area contributed by atoms with Crippen molar-refractivity contribution in [3.05, 3.63) is 29.6 Å². The summed E-state index contributed by atoms with van der Waals surface area (Å²) in [4.78, 5) is 12.0. The van der Waals surface area contributed by atoms with Crippen molar-refractivity contribution < 1.29 is 9.18 Å². The highest BCUT2D eigenvalue weighted by Crippen LogP contribution is 2.26. The number of anilines is 1. The zero-order valence-corrected chi connectivity index (χ0v) is 13.8. The summed E-state index contributed by atoms with van der Waals surface area (Å²) in [6.07, 6.45) is 1.39. The Balaban J connectivity index is 2.67. The van der Waals surface area contributed by atoms with Crippen molar-refractivity contribution in [1.82, 2.24) is 0 Å². The molecule has 0 aliphatic carbocycles. The molecule has 1 aromatic rings. The molecule has 0 bridgehead atoms. The van der Waals surface area contributed by atoms with Crippen LogP contribution in [-0.2, 0) is 4.79 Å². The molecule has 21 heavy (non-hydrogen) atoms. The molecule has 0 aromatic heterocycles. The molecule has 0 aliphatic heterocycles. The van der Waals surface area contributed by atoms with Crippen LogP contribution in [0.25, 0.3) is 0 Å². The summed E-state index contributed by atoms with van der Waals surface area (Å²) in [5, 5.41) is 2.76. The Morgan fingerprint density at radius 3 is 2.57 bits per heavy atom. The summed E-state index contributed by atoms with van der Waals surface area (Å²) in [5.41, 5.74) is 6.28. The first kappa shape index (κ1) is 17.6. The first-order valence-corrected chi connectivity index (χ1v) is 7.38. The minimum absolute atomic E-state index is 0.0234. The second kappa shape index (κ2) is 6.98. The highest BCUT2D eigenvalue weighted by Gasteiger charge is 2.18. The van der Waals surface area contributed by atoms with Crippen LogP contribution < -0.4 is 11.1 Å². The van der Waals surface area contributed by atoms with E-state index >= 15 is 0 Å². The molecule has 3 nitrogen and oxygen atoms in total. The maximum absolute atomic E-state index is 13.5. The van der Waals surface area contributed by atoms with Gasteiger partial charge in [-0.05, 0) is 36.0 Å². The summed E-state index contributed by atoms with van der Waals surface area (Å²) in [6.45, 7) is 8.50. The number of halogens is 1. The Morgan fingerprint density at radius 1 is 1.43 bits per heavy atom. The van der Waals surface area contributed by atoms with Gasteiger partial charge in [0.05, 0.1) is 0 Å². The molecule has 1 amide bonds. The van der Waals surface area contributed by atoms with E-state index in [-0.39, 0.29) is 27.8 Å². The molecule has 116 valence electrons. The summed E-state index contributed by atoms with van der Waals surface area (Å²) >= 11 is 4.78. The molecule has 0 heterocycles. The number of thiocarbonyl (C=S) groups is 1. The number of carbonyl (C=O) groups excluding carboxylic acids is 1. The van der Waals surface area contributed by atoms with Crippen LogP contribution >= 0.6 is 12.2 Å². The maximum atomic E-state index is 13.5. The van der Waals surface area contributed by atoms with Crippen molar-refractivity contribution in [1.29, 1.82) is 0 Å². The van der Waals surface area contributed by atoms with Crippen LogP contribution in [0.5, 0.6) is 0 Å². The summed E-state index contributed by atoms with van der Waals surface area (Å²) in [7, 11) is 0. The molecule has 1 atom stereocenters. The molecule has 1 rings (SSSR count). The minimum atomic E-state index is -0.485. The van der Waals surface area contributed by atoms with E-state index in [4.69, 9.17) is 18.0 Å².